The molecule has 0 radical (unpaired) electrons. The van der Waals surface area contributed by atoms with Crippen LogP contribution in [0, 0.1) is 17.6 Å². The van der Waals surface area contributed by atoms with Crippen LogP contribution in [-0.2, 0) is 4.74 Å². The van der Waals surface area contributed by atoms with E-state index in [4.69, 9.17) is 0 Å². The second-order valence-electron chi connectivity index (χ2n) is 3.66. The average molecular weight is 267 g/mol. The van der Waals surface area contributed by atoms with Gasteiger partial charge >= 0.3 is 5.97 Å². The zero-order chi connectivity index (χ0) is 14.0. The molecule has 0 aliphatic rings. The largest absolute Gasteiger partial charge is 0.465 e. The molecule has 1 aromatic carbocycles. The second kappa shape index (κ2) is 5.09. The number of hydrogen-bond donors (Lipinski definition) is 0. The van der Waals surface area contributed by atoms with E-state index in [2.05, 4.69) is 9.72 Å². The van der Waals surface area contributed by atoms with Gasteiger partial charge in [-0.05, 0) is 12.1 Å². The fraction of sp³-hybridized carbons (Fsp3) is 0.0769. The fourth-order valence-corrected chi connectivity index (χ4v) is 1.58. The highest BCUT2D eigenvalue weighted by molar-refractivity contribution is 5.90. The third kappa shape index (κ3) is 2.42. The number of pyridine rings is 1. The summed E-state index contributed by atoms with van der Waals surface area (Å²) in [7, 11) is 1.15. The average Bonchev–Trinajstić information content (AvgIpc) is 2.42. The van der Waals surface area contributed by atoms with Crippen molar-refractivity contribution in [3.05, 3.63) is 53.6 Å². The predicted octanol–water partition coefficient (Wildman–Crippen LogP) is 2.95. The molecule has 19 heavy (non-hydrogen) atoms. The van der Waals surface area contributed by atoms with E-state index in [1.165, 1.54) is 12.1 Å². The first-order valence-corrected chi connectivity index (χ1v) is 5.23. The van der Waals surface area contributed by atoms with Crippen LogP contribution in [0.2, 0.25) is 0 Å². The lowest BCUT2D eigenvalue weighted by Gasteiger charge is -2.06. The molecule has 0 aliphatic heterocycles. The van der Waals surface area contributed by atoms with Gasteiger partial charge in [-0.2, -0.15) is 4.39 Å². The van der Waals surface area contributed by atoms with E-state index in [0.29, 0.717) is 0 Å². The molecule has 0 saturated heterocycles. The maximum absolute atomic E-state index is 13.6. The number of rotatable bonds is 2. The number of carbonyl (C=O) groups excluding carboxylic acids is 1. The van der Waals surface area contributed by atoms with Crippen LogP contribution in [-0.4, -0.2) is 18.1 Å². The molecule has 1 heterocycles. The number of ether oxygens (including phenoxy) is 1. The Hall–Kier alpha value is -2.37. The van der Waals surface area contributed by atoms with Crippen LogP contribution >= 0.6 is 0 Å². The smallest absolute Gasteiger partial charge is 0.339 e. The number of methoxy groups -OCH3 is 1. The van der Waals surface area contributed by atoms with E-state index in [9.17, 15) is 18.0 Å². The molecule has 0 N–H and O–H groups in total. The third-order valence-corrected chi connectivity index (χ3v) is 2.50. The quantitative estimate of drug-likeness (QED) is 0.620. The molecule has 0 unspecified atom stereocenters. The van der Waals surface area contributed by atoms with Crippen molar-refractivity contribution in [2.24, 2.45) is 0 Å². The van der Waals surface area contributed by atoms with Crippen molar-refractivity contribution in [1.29, 1.82) is 0 Å². The molecule has 2 rings (SSSR count). The van der Waals surface area contributed by atoms with Gasteiger partial charge in [-0.1, -0.05) is 12.1 Å². The Morgan fingerprint density at radius 1 is 1.21 bits per heavy atom. The molecular weight excluding hydrogens is 259 g/mol. The van der Waals surface area contributed by atoms with Gasteiger partial charge in [-0.25, -0.2) is 18.6 Å². The molecule has 98 valence electrons. The number of esters is 1. The van der Waals surface area contributed by atoms with Gasteiger partial charge in [0.25, 0.3) is 0 Å². The summed E-state index contributed by atoms with van der Waals surface area (Å²) in [5.41, 5.74) is -0.668. The maximum atomic E-state index is 13.6. The number of aromatic nitrogens is 1. The van der Waals surface area contributed by atoms with Crippen LogP contribution in [0.5, 0.6) is 0 Å². The molecule has 0 saturated carbocycles. The fourth-order valence-electron chi connectivity index (χ4n) is 1.58. The minimum absolute atomic E-state index is 0.0532. The summed E-state index contributed by atoms with van der Waals surface area (Å²) in [5, 5.41) is 0. The molecule has 1 aromatic heterocycles. The first-order chi connectivity index (χ1) is 9.04. The van der Waals surface area contributed by atoms with E-state index >= 15 is 0 Å². The maximum Gasteiger partial charge on any atom is 0.339 e. The first kappa shape index (κ1) is 13.1. The Labute approximate surface area is 106 Å². The van der Waals surface area contributed by atoms with Gasteiger partial charge in [-0.3, -0.25) is 0 Å². The molecule has 2 aromatic rings. The van der Waals surface area contributed by atoms with Crippen LogP contribution in [0.1, 0.15) is 10.4 Å². The van der Waals surface area contributed by atoms with Crippen molar-refractivity contribution in [2.75, 3.05) is 7.11 Å². The number of nitrogens with zero attached hydrogens (tertiary/aromatic N) is 1. The highest BCUT2D eigenvalue weighted by atomic mass is 19.2. The molecule has 0 atom stereocenters. The topological polar surface area (TPSA) is 39.2 Å². The lowest BCUT2D eigenvalue weighted by Crippen LogP contribution is -2.04. The van der Waals surface area contributed by atoms with E-state index < -0.39 is 23.6 Å². The van der Waals surface area contributed by atoms with Crippen LogP contribution in [0.3, 0.4) is 0 Å². The Morgan fingerprint density at radius 3 is 2.63 bits per heavy atom. The first-order valence-electron chi connectivity index (χ1n) is 5.23. The predicted molar refractivity (Wildman–Crippen MR) is 60.9 cm³/mol. The van der Waals surface area contributed by atoms with Crippen LogP contribution in [0.25, 0.3) is 11.1 Å². The Balaban J connectivity index is 2.61. The minimum atomic E-state index is -1.20. The zero-order valence-electron chi connectivity index (χ0n) is 9.78. The molecule has 0 spiro atoms. The Morgan fingerprint density at radius 2 is 1.95 bits per heavy atom. The van der Waals surface area contributed by atoms with Crippen molar-refractivity contribution in [3.63, 3.8) is 0 Å². The van der Waals surface area contributed by atoms with E-state index in [-0.39, 0.29) is 16.7 Å². The summed E-state index contributed by atoms with van der Waals surface area (Å²) in [6.07, 6.45) is 0.960. The van der Waals surface area contributed by atoms with Gasteiger partial charge in [0, 0.05) is 17.3 Å². The zero-order valence-corrected chi connectivity index (χ0v) is 9.78. The van der Waals surface area contributed by atoms with Crippen molar-refractivity contribution >= 4 is 5.97 Å². The highest BCUT2D eigenvalue weighted by Gasteiger charge is 2.17. The number of halogens is 3. The summed E-state index contributed by atoms with van der Waals surface area (Å²) in [5.74, 6) is -4.06. The molecule has 6 heteroatoms. The van der Waals surface area contributed by atoms with Gasteiger partial charge in [-0.15, -0.1) is 0 Å². The molecule has 0 aliphatic carbocycles. The van der Waals surface area contributed by atoms with Crippen molar-refractivity contribution in [1.82, 2.24) is 4.98 Å². The van der Waals surface area contributed by atoms with Crippen LogP contribution in [0.15, 0.2) is 30.5 Å². The minimum Gasteiger partial charge on any atom is -0.465 e. The summed E-state index contributed by atoms with van der Waals surface area (Å²) in [6, 6.07) is 4.40. The highest BCUT2D eigenvalue weighted by Crippen LogP contribution is 2.26. The van der Waals surface area contributed by atoms with E-state index in [1.54, 1.807) is 0 Å². The molecule has 3 nitrogen and oxygen atoms in total. The van der Waals surface area contributed by atoms with Crippen LogP contribution < -0.4 is 0 Å². The summed E-state index contributed by atoms with van der Waals surface area (Å²) < 4.78 is 44.7. The molecule has 0 fully saturated rings. The number of benzene rings is 1. The normalized spacial score (nSPS) is 10.3. The van der Waals surface area contributed by atoms with Crippen LogP contribution in [0.4, 0.5) is 13.2 Å². The molecular formula is C13H8F3NO2. The van der Waals surface area contributed by atoms with Gasteiger partial charge in [0.05, 0.1) is 12.7 Å². The van der Waals surface area contributed by atoms with E-state index in [0.717, 1.165) is 25.4 Å². The van der Waals surface area contributed by atoms with E-state index in [1.807, 2.05) is 0 Å². The van der Waals surface area contributed by atoms with Crippen molar-refractivity contribution in [3.8, 4) is 11.1 Å². The van der Waals surface area contributed by atoms with Gasteiger partial charge in [0.15, 0.2) is 11.6 Å². The lowest BCUT2D eigenvalue weighted by atomic mass is 10.0. The van der Waals surface area contributed by atoms with Crippen molar-refractivity contribution < 1.29 is 22.7 Å². The Kier molecular flexibility index (Phi) is 3.50. The third-order valence-electron chi connectivity index (χ3n) is 2.50. The standard InChI is InChI=1S/C13H8F3NO2/c1-19-13(18)7-5-9(12(16)17-6-7)8-3-2-4-10(14)11(8)15/h2-6H,1H3. The SMILES string of the molecule is COC(=O)c1cnc(F)c(-c2cccc(F)c2F)c1. The number of hydrogen-bond acceptors (Lipinski definition) is 3. The summed E-state index contributed by atoms with van der Waals surface area (Å²) in [4.78, 5) is 14.6. The lowest BCUT2D eigenvalue weighted by molar-refractivity contribution is 0.0600. The number of carbonyl (C=O) groups is 1. The van der Waals surface area contributed by atoms with Gasteiger partial charge in [0.1, 0.15) is 0 Å². The molecule has 0 bridgehead atoms. The summed E-state index contributed by atoms with van der Waals surface area (Å²) >= 11 is 0. The molecule has 0 amide bonds. The second-order valence-corrected chi connectivity index (χ2v) is 3.66. The van der Waals surface area contributed by atoms with Gasteiger partial charge in [0.2, 0.25) is 5.95 Å². The van der Waals surface area contributed by atoms with Gasteiger partial charge < -0.3 is 4.74 Å². The summed E-state index contributed by atoms with van der Waals surface area (Å²) in [6.45, 7) is 0. The van der Waals surface area contributed by atoms with Crippen molar-refractivity contribution in [2.45, 2.75) is 0 Å². The monoisotopic (exact) mass is 267 g/mol. The Bertz CT molecular complexity index is 644.